The van der Waals surface area contributed by atoms with Crippen LogP contribution in [0.1, 0.15) is 59.4 Å². The van der Waals surface area contributed by atoms with E-state index in [4.69, 9.17) is 9.57 Å². The summed E-state index contributed by atoms with van der Waals surface area (Å²) < 4.78 is 5.54. The fourth-order valence-electron chi connectivity index (χ4n) is 5.24. The average Bonchev–Trinajstić information content (AvgIpc) is 3.09. The third-order valence-corrected chi connectivity index (χ3v) is 7.00. The first-order chi connectivity index (χ1) is 16.5. The Hall–Kier alpha value is -2.42. The van der Waals surface area contributed by atoms with Gasteiger partial charge in [-0.25, -0.2) is 4.79 Å². The molecule has 2 heterocycles. The Kier molecular flexibility index (Phi) is 8.96. The van der Waals surface area contributed by atoms with Crippen LogP contribution in [0.15, 0.2) is 30.9 Å². The molecule has 2 aliphatic rings. The summed E-state index contributed by atoms with van der Waals surface area (Å²) in [6.45, 7) is 17.6. The number of anilines is 2. The van der Waals surface area contributed by atoms with Gasteiger partial charge in [0.15, 0.2) is 0 Å². The summed E-state index contributed by atoms with van der Waals surface area (Å²) in [6.07, 6.45) is 2.29. The molecule has 1 N–H and O–H groups in total. The van der Waals surface area contributed by atoms with Crippen molar-refractivity contribution in [1.82, 2.24) is 10.4 Å². The lowest BCUT2D eigenvalue weighted by atomic mass is 9.92. The standard InChI is InChI=1S/C27H42N4O4/c1-9-10-23(15-29(8)16-24-19(5)28-35-20(24)6)22-11-12-25-26(13-22)30(27(33)34-17(2)3)14-18(4)31(25)21(7)32/h9,11-13,17-20,23-24,28H,1,10,14-16H2,2-8H3/t18-,19?,20?,23?,24?/m0/s1. The molecule has 3 rings (SSSR count). The number of fused-ring (bicyclic) bond motifs is 1. The minimum atomic E-state index is -0.387. The van der Waals surface area contributed by atoms with Crippen LogP contribution in [-0.4, -0.2) is 67.9 Å². The number of likely N-dealkylation sites (N-methyl/N-ethyl adjacent to an activating group) is 1. The van der Waals surface area contributed by atoms with Crippen molar-refractivity contribution < 1.29 is 19.2 Å². The Balaban J connectivity index is 1.90. The van der Waals surface area contributed by atoms with Crippen LogP contribution >= 0.6 is 0 Å². The molecule has 0 aromatic heterocycles. The number of ether oxygens (including phenoxy) is 1. The molecule has 5 atom stereocenters. The van der Waals surface area contributed by atoms with E-state index < -0.39 is 0 Å². The summed E-state index contributed by atoms with van der Waals surface area (Å²) in [6, 6.07) is 6.24. The number of hydrogen-bond donors (Lipinski definition) is 1. The minimum absolute atomic E-state index is 0.0404. The van der Waals surface area contributed by atoms with Crippen LogP contribution in [0.2, 0.25) is 0 Å². The van der Waals surface area contributed by atoms with E-state index in [1.807, 2.05) is 39.0 Å². The maximum atomic E-state index is 13.0. The molecule has 1 saturated heterocycles. The monoisotopic (exact) mass is 486 g/mol. The minimum Gasteiger partial charge on any atom is -0.446 e. The normalized spacial score (nSPS) is 25.1. The lowest BCUT2D eigenvalue weighted by Crippen LogP contribution is -2.51. The van der Waals surface area contributed by atoms with Crippen LogP contribution in [0, 0.1) is 5.92 Å². The van der Waals surface area contributed by atoms with E-state index in [2.05, 4.69) is 43.9 Å². The van der Waals surface area contributed by atoms with Crippen molar-refractivity contribution in [1.29, 1.82) is 0 Å². The van der Waals surface area contributed by atoms with Crippen LogP contribution in [0.3, 0.4) is 0 Å². The van der Waals surface area contributed by atoms with Crippen molar-refractivity contribution in [2.45, 2.75) is 78.2 Å². The van der Waals surface area contributed by atoms with Gasteiger partial charge in [-0.05, 0) is 65.8 Å². The summed E-state index contributed by atoms with van der Waals surface area (Å²) in [5.74, 6) is 0.554. The molecule has 1 aromatic rings. The number of amides is 2. The van der Waals surface area contributed by atoms with Gasteiger partial charge in [0, 0.05) is 44.4 Å². The van der Waals surface area contributed by atoms with Gasteiger partial charge >= 0.3 is 6.09 Å². The van der Waals surface area contributed by atoms with Crippen LogP contribution in [0.25, 0.3) is 0 Å². The first-order valence-electron chi connectivity index (χ1n) is 12.7. The molecule has 8 heteroatoms. The predicted molar refractivity (Wildman–Crippen MR) is 140 cm³/mol. The molecule has 0 spiro atoms. The van der Waals surface area contributed by atoms with Crippen molar-refractivity contribution in [3.63, 3.8) is 0 Å². The molecule has 1 fully saturated rings. The quantitative estimate of drug-likeness (QED) is 0.552. The van der Waals surface area contributed by atoms with E-state index in [0.717, 1.165) is 30.8 Å². The lowest BCUT2D eigenvalue weighted by Gasteiger charge is -2.41. The number of hydroxylamine groups is 1. The Morgan fingerprint density at radius 2 is 2.00 bits per heavy atom. The van der Waals surface area contributed by atoms with E-state index in [9.17, 15) is 9.59 Å². The summed E-state index contributed by atoms with van der Waals surface area (Å²) in [5, 5.41) is 0. The Labute approximate surface area is 210 Å². The molecule has 0 saturated carbocycles. The molecule has 0 aliphatic carbocycles. The zero-order valence-corrected chi connectivity index (χ0v) is 22.3. The molecule has 8 nitrogen and oxygen atoms in total. The SMILES string of the molecule is C=CCC(CN(C)CC1C(C)NOC1C)c1ccc2c(c1)N(C(=O)OC(C)C)C[C@H](C)N2C(C)=O. The number of carbonyl (C=O) groups excluding carboxylic acids is 2. The Morgan fingerprint density at radius 1 is 1.29 bits per heavy atom. The molecule has 1 aromatic carbocycles. The fourth-order valence-corrected chi connectivity index (χ4v) is 5.24. The number of hydrogen-bond acceptors (Lipinski definition) is 6. The van der Waals surface area contributed by atoms with E-state index in [1.54, 1.807) is 16.7 Å². The van der Waals surface area contributed by atoms with Gasteiger partial charge < -0.3 is 14.5 Å². The van der Waals surface area contributed by atoms with E-state index in [-0.39, 0.29) is 36.2 Å². The van der Waals surface area contributed by atoms with Gasteiger partial charge in [-0.15, -0.1) is 6.58 Å². The third kappa shape index (κ3) is 6.23. The summed E-state index contributed by atoms with van der Waals surface area (Å²) in [4.78, 5) is 36.8. The van der Waals surface area contributed by atoms with Gasteiger partial charge in [-0.1, -0.05) is 12.1 Å². The van der Waals surface area contributed by atoms with Crippen molar-refractivity contribution in [3.8, 4) is 0 Å². The smallest absolute Gasteiger partial charge is 0.414 e. The fraction of sp³-hybridized carbons (Fsp3) is 0.630. The van der Waals surface area contributed by atoms with E-state index >= 15 is 0 Å². The molecule has 4 unspecified atom stereocenters. The maximum Gasteiger partial charge on any atom is 0.414 e. The highest BCUT2D eigenvalue weighted by Gasteiger charge is 2.36. The molecule has 35 heavy (non-hydrogen) atoms. The van der Waals surface area contributed by atoms with Gasteiger partial charge in [0.25, 0.3) is 0 Å². The van der Waals surface area contributed by atoms with Crippen molar-refractivity contribution in [2.24, 2.45) is 5.92 Å². The molecular weight excluding hydrogens is 444 g/mol. The average molecular weight is 487 g/mol. The molecular formula is C27H42N4O4. The molecule has 0 bridgehead atoms. The van der Waals surface area contributed by atoms with Gasteiger partial charge in [0.05, 0.1) is 29.6 Å². The molecule has 2 aliphatic heterocycles. The molecule has 0 radical (unpaired) electrons. The highest BCUT2D eigenvalue weighted by atomic mass is 16.7. The second-order valence-corrected chi connectivity index (χ2v) is 10.4. The Bertz CT molecular complexity index is 910. The highest BCUT2D eigenvalue weighted by Crippen LogP contribution is 2.39. The summed E-state index contributed by atoms with van der Waals surface area (Å²) >= 11 is 0. The second-order valence-electron chi connectivity index (χ2n) is 10.4. The van der Waals surface area contributed by atoms with Crippen LogP contribution in [-0.2, 0) is 14.4 Å². The van der Waals surface area contributed by atoms with Gasteiger partial charge in [0.2, 0.25) is 5.91 Å². The van der Waals surface area contributed by atoms with Crippen molar-refractivity contribution in [3.05, 3.63) is 36.4 Å². The number of rotatable bonds is 8. The zero-order chi connectivity index (χ0) is 25.9. The number of nitrogens with one attached hydrogen (secondary N) is 1. The third-order valence-electron chi connectivity index (χ3n) is 7.00. The van der Waals surface area contributed by atoms with Crippen molar-refractivity contribution >= 4 is 23.4 Å². The van der Waals surface area contributed by atoms with Crippen LogP contribution in [0.4, 0.5) is 16.2 Å². The molecule has 2 amide bonds. The topological polar surface area (TPSA) is 74.4 Å². The summed E-state index contributed by atoms with van der Waals surface area (Å²) in [5.41, 5.74) is 5.65. The number of nitrogens with zero attached hydrogens (tertiary/aromatic N) is 3. The van der Waals surface area contributed by atoms with Crippen LogP contribution in [0.5, 0.6) is 0 Å². The van der Waals surface area contributed by atoms with E-state index in [0.29, 0.717) is 24.2 Å². The first-order valence-corrected chi connectivity index (χ1v) is 12.7. The predicted octanol–water partition coefficient (Wildman–Crippen LogP) is 4.31. The lowest BCUT2D eigenvalue weighted by molar-refractivity contribution is -0.117. The van der Waals surface area contributed by atoms with Crippen molar-refractivity contribution in [2.75, 3.05) is 36.5 Å². The number of carbonyl (C=O) groups is 2. The van der Waals surface area contributed by atoms with E-state index in [1.165, 1.54) is 0 Å². The Morgan fingerprint density at radius 3 is 2.57 bits per heavy atom. The largest absolute Gasteiger partial charge is 0.446 e. The second kappa shape index (κ2) is 11.5. The zero-order valence-electron chi connectivity index (χ0n) is 22.3. The maximum absolute atomic E-state index is 13.0. The van der Waals surface area contributed by atoms with Gasteiger partial charge in [0.1, 0.15) is 0 Å². The highest BCUT2D eigenvalue weighted by molar-refractivity contribution is 6.02. The van der Waals surface area contributed by atoms with Gasteiger partial charge in [-0.2, -0.15) is 5.48 Å². The van der Waals surface area contributed by atoms with Crippen LogP contribution < -0.4 is 15.3 Å². The first kappa shape index (κ1) is 27.2. The number of allylic oxidation sites excluding steroid dienone is 1. The molecule has 194 valence electrons. The van der Waals surface area contributed by atoms with Gasteiger partial charge in [-0.3, -0.25) is 14.5 Å². The summed E-state index contributed by atoms with van der Waals surface area (Å²) in [7, 11) is 2.14. The number of benzene rings is 1.